The van der Waals surface area contributed by atoms with E-state index < -0.39 is 13.4 Å². The molecule has 1 aromatic carbocycles. The van der Waals surface area contributed by atoms with Crippen LogP contribution in [0.1, 0.15) is 12.0 Å². The second-order valence-electron chi connectivity index (χ2n) is 3.65. The Morgan fingerprint density at radius 3 is 2.62 bits per heavy atom. The van der Waals surface area contributed by atoms with Crippen molar-refractivity contribution < 1.29 is 14.6 Å². The summed E-state index contributed by atoms with van der Waals surface area (Å²) in [6, 6.07) is 9.04. The predicted molar refractivity (Wildman–Crippen MR) is 60.7 cm³/mol. The van der Waals surface area contributed by atoms with Crippen molar-refractivity contribution in [2.75, 3.05) is 0 Å². The van der Waals surface area contributed by atoms with Gasteiger partial charge >= 0.3 is 8.03 Å². The molecule has 0 saturated carbocycles. The SMILES string of the molecule is O=[P+]([O-])C1(O)CC=CC=C1c1ccccc1. The van der Waals surface area contributed by atoms with Crippen molar-refractivity contribution in [3.63, 3.8) is 0 Å². The van der Waals surface area contributed by atoms with E-state index in [1.165, 1.54) is 0 Å². The molecule has 1 aliphatic rings. The quantitative estimate of drug-likeness (QED) is 0.794. The van der Waals surface area contributed by atoms with Gasteiger partial charge in [-0.25, -0.2) is 0 Å². The highest BCUT2D eigenvalue weighted by Crippen LogP contribution is 2.45. The molecule has 1 N–H and O–H groups in total. The lowest BCUT2D eigenvalue weighted by Gasteiger charge is -2.23. The first kappa shape index (κ1) is 11.2. The van der Waals surface area contributed by atoms with Crippen LogP contribution in [0.25, 0.3) is 5.57 Å². The highest BCUT2D eigenvalue weighted by Gasteiger charge is 2.45. The average Bonchev–Trinajstić information content (AvgIpc) is 2.30. The van der Waals surface area contributed by atoms with Crippen molar-refractivity contribution in [3.05, 3.63) is 54.1 Å². The highest BCUT2D eigenvalue weighted by molar-refractivity contribution is 7.39. The zero-order chi connectivity index (χ0) is 11.6. The minimum atomic E-state index is -2.93. The van der Waals surface area contributed by atoms with E-state index in [1.54, 1.807) is 30.4 Å². The molecule has 0 saturated heterocycles. The summed E-state index contributed by atoms with van der Waals surface area (Å²) in [7, 11) is -2.93. The molecule has 1 aliphatic carbocycles. The van der Waals surface area contributed by atoms with Gasteiger partial charge in [-0.2, -0.15) is 0 Å². The van der Waals surface area contributed by atoms with Gasteiger partial charge in [0, 0.05) is 12.0 Å². The van der Waals surface area contributed by atoms with Crippen LogP contribution in [-0.2, 0) is 4.57 Å². The van der Waals surface area contributed by atoms with Crippen LogP contribution < -0.4 is 4.89 Å². The van der Waals surface area contributed by atoms with Crippen LogP contribution in [0.5, 0.6) is 0 Å². The Morgan fingerprint density at radius 2 is 2.00 bits per heavy atom. The van der Waals surface area contributed by atoms with Crippen molar-refractivity contribution in [1.82, 2.24) is 0 Å². The van der Waals surface area contributed by atoms with E-state index in [2.05, 4.69) is 0 Å². The summed E-state index contributed by atoms with van der Waals surface area (Å²) < 4.78 is 11.2. The minimum absolute atomic E-state index is 0.104. The monoisotopic (exact) mass is 234 g/mol. The molecule has 0 amide bonds. The summed E-state index contributed by atoms with van der Waals surface area (Å²) in [6.07, 6.45) is 5.16. The van der Waals surface area contributed by atoms with Crippen LogP contribution in [0.2, 0.25) is 0 Å². The van der Waals surface area contributed by atoms with Gasteiger partial charge < -0.3 is 10.00 Å². The van der Waals surface area contributed by atoms with Crippen molar-refractivity contribution in [1.29, 1.82) is 0 Å². The molecule has 0 fully saturated rings. The van der Waals surface area contributed by atoms with Crippen molar-refractivity contribution in [2.45, 2.75) is 11.8 Å². The lowest BCUT2D eigenvalue weighted by Crippen LogP contribution is -2.30. The Morgan fingerprint density at radius 1 is 1.31 bits per heavy atom. The zero-order valence-electron chi connectivity index (χ0n) is 8.54. The number of allylic oxidation sites excluding steroid dienone is 2. The fourth-order valence-electron chi connectivity index (χ4n) is 1.76. The van der Waals surface area contributed by atoms with Crippen LogP contribution in [0.4, 0.5) is 0 Å². The largest absolute Gasteiger partial charge is 0.593 e. The van der Waals surface area contributed by atoms with Gasteiger partial charge in [0.25, 0.3) is 5.34 Å². The minimum Gasteiger partial charge on any atom is -0.593 e. The molecule has 0 aliphatic heterocycles. The lowest BCUT2D eigenvalue weighted by molar-refractivity contribution is -0.175. The van der Waals surface area contributed by atoms with Gasteiger partial charge in [0.05, 0.1) is 0 Å². The molecule has 0 bridgehead atoms. The molecule has 1 aromatic rings. The molecule has 3 nitrogen and oxygen atoms in total. The van der Waals surface area contributed by atoms with Gasteiger partial charge in [0.15, 0.2) is 0 Å². The standard InChI is InChI=1S/C12H11O3P/c13-12(16(14)15)9-5-4-8-11(12)10-6-2-1-3-7-10/h1-8,13H,9H2. The summed E-state index contributed by atoms with van der Waals surface area (Å²) >= 11 is 0. The highest BCUT2D eigenvalue weighted by atomic mass is 31.1. The van der Waals surface area contributed by atoms with Gasteiger partial charge in [0.1, 0.15) is 0 Å². The maximum Gasteiger partial charge on any atom is 0.349 e. The normalized spacial score (nSPS) is 25.1. The summed E-state index contributed by atoms with van der Waals surface area (Å²) in [5.74, 6) is 0. The van der Waals surface area contributed by atoms with Crippen molar-refractivity contribution in [2.24, 2.45) is 0 Å². The maximum absolute atomic E-state index is 11.2. The first-order chi connectivity index (χ1) is 7.64. The number of hydrogen-bond donors (Lipinski definition) is 1. The Hall–Kier alpha value is -1.28. The molecule has 2 unspecified atom stereocenters. The topological polar surface area (TPSA) is 60.4 Å². The van der Waals surface area contributed by atoms with Crippen LogP contribution in [0.3, 0.4) is 0 Å². The first-order valence-electron chi connectivity index (χ1n) is 4.94. The third-order valence-corrected chi connectivity index (χ3v) is 3.65. The van der Waals surface area contributed by atoms with Gasteiger partial charge in [-0.15, -0.1) is 0 Å². The molecule has 4 heteroatoms. The predicted octanol–water partition coefficient (Wildman–Crippen LogP) is 1.82. The van der Waals surface area contributed by atoms with Crippen LogP contribution in [0.15, 0.2) is 48.6 Å². The molecule has 0 spiro atoms. The molecule has 0 aromatic heterocycles. The number of hydrogen-bond acceptors (Lipinski definition) is 3. The van der Waals surface area contributed by atoms with E-state index in [1.807, 2.05) is 18.2 Å². The smallest absolute Gasteiger partial charge is 0.349 e. The summed E-state index contributed by atoms with van der Waals surface area (Å²) in [4.78, 5) is 11.2. The Bertz CT molecular complexity index is 464. The fourth-order valence-corrected chi connectivity index (χ4v) is 2.41. The fraction of sp³-hybridized carbons (Fsp3) is 0.167. The summed E-state index contributed by atoms with van der Waals surface area (Å²) in [6.45, 7) is 0. The molecule has 82 valence electrons. The molecule has 0 radical (unpaired) electrons. The van der Waals surface area contributed by atoms with E-state index in [9.17, 15) is 14.6 Å². The molecular weight excluding hydrogens is 223 g/mol. The number of benzene rings is 1. The van der Waals surface area contributed by atoms with E-state index >= 15 is 0 Å². The number of aliphatic hydroxyl groups is 1. The second-order valence-corrected chi connectivity index (χ2v) is 4.91. The molecular formula is C12H11O3P. The molecule has 2 rings (SSSR count). The van der Waals surface area contributed by atoms with Gasteiger partial charge in [-0.3, -0.25) is 0 Å². The van der Waals surface area contributed by atoms with Crippen molar-refractivity contribution >= 4 is 13.6 Å². The third kappa shape index (κ3) is 1.85. The van der Waals surface area contributed by atoms with Crippen LogP contribution in [-0.4, -0.2) is 10.4 Å². The first-order valence-corrected chi connectivity index (χ1v) is 6.12. The van der Waals surface area contributed by atoms with E-state index in [-0.39, 0.29) is 6.42 Å². The molecule has 16 heavy (non-hydrogen) atoms. The van der Waals surface area contributed by atoms with Crippen LogP contribution in [0, 0.1) is 0 Å². The Balaban J connectivity index is 2.49. The van der Waals surface area contributed by atoms with Gasteiger partial charge in [-0.05, 0) is 5.56 Å². The van der Waals surface area contributed by atoms with E-state index in [4.69, 9.17) is 0 Å². The second kappa shape index (κ2) is 4.30. The Kier molecular flexibility index (Phi) is 3.01. The molecule has 0 heterocycles. The summed E-state index contributed by atoms with van der Waals surface area (Å²) in [5.41, 5.74) is 1.17. The summed E-state index contributed by atoms with van der Waals surface area (Å²) in [5, 5.41) is 8.37. The third-order valence-electron chi connectivity index (χ3n) is 2.62. The molecule has 2 atom stereocenters. The van der Waals surface area contributed by atoms with Crippen molar-refractivity contribution in [3.8, 4) is 0 Å². The van der Waals surface area contributed by atoms with Gasteiger partial charge in [-0.1, -0.05) is 53.1 Å². The van der Waals surface area contributed by atoms with Crippen LogP contribution >= 0.6 is 8.03 Å². The number of rotatable bonds is 2. The van der Waals surface area contributed by atoms with E-state index in [0.29, 0.717) is 5.57 Å². The zero-order valence-corrected chi connectivity index (χ0v) is 9.43. The average molecular weight is 234 g/mol. The lowest BCUT2D eigenvalue weighted by atomic mass is 9.94. The van der Waals surface area contributed by atoms with Gasteiger partial charge in [0.2, 0.25) is 0 Å². The maximum atomic E-state index is 11.2. The Labute approximate surface area is 94.6 Å². The van der Waals surface area contributed by atoms with E-state index in [0.717, 1.165) is 5.56 Å².